The maximum absolute atomic E-state index is 15.5. The van der Waals surface area contributed by atoms with Crippen LogP contribution < -0.4 is 0 Å². The molecule has 4 rings (SSSR count). The molecule has 3 heterocycles. The third-order valence-electron chi connectivity index (χ3n) is 6.61. The number of thiophene rings is 2. The normalized spacial score (nSPS) is 11.7. The number of halogens is 4. The molecule has 0 amide bonds. The van der Waals surface area contributed by atoms with Gasteiger partial charge in [0.1, 0.15) is 11.0 Å². The molecule has 0 fully saturated rings. The van der Waals surface area contributed by atoms with Crippen LogP contribution in [0.15, 0.2) is 31.8 Å². The molecule has 4 aromatic rings. The number of hydrogen-bond acceptors (Lipinski definition) is 4. The van der Waals surface area contributed by atoms with E-state index in [1.807, 2.05) is 12.1 Å². The van der Waals surface area contributed by atoms with Crippen molar-refractivity contribution in [2.45, 2.75) is 90.5 Å². The van der Waals surface area contributed by atoms with Gasteiger partial charge in [-0.3, -0.25) is 0 Å². The third kappa shape index (κ3) is 7.49. The van der Waals surface area contributed by atoms with Gasteiger partial charge in [0, 0.05) is 9.75 Å². The molecule has 1 aromatic carbocycles. The molecule has 0 saturated carbocycles. The highest BCUT2D eigenvalue weighted by atomic mass is 79.9. The molecule has 0 N–H and O–H groups in total. The topological polar surface area (TPSA) is 30.7 Å². The van der Waals surface area contributed by atoms with Gasteiger partial charge in [0.15, 0.2) is 11.6 Å². The largest absolute Gasteiger partial charge is 0.203 e. The maximum atomic E-state index is 15.5. The quantitative estimate of drug-likeness (QED) is 0.118. The lowest BCUT2D eigenvalue weighted by Crippen LogP contribution is -2.02. The summed E-state index contributed by atoms with van der Waals surface area (Å²) in [4.78, 5) is 2.88. The molecule has 200 valence electrons. The lowest BCUT2D eigenvalue weighted by atomic mass is 10.0. The smallest absolute Gasteiger partial charge is 0.170 e. The molecule has 3 aromatic heterocycles. The van der Waals surface area contributed by atoms with Crippen LogP contribution >= 0.6 is 54.5 Å². The van der Waals surface area contributed by atoms with Gasteiger partial charge in [0.2, 0.25) is 0 Å². The average molecular weight is 674 g/mol. The summed E-state index contributed by atoms with van der Waals surface area (Å²) < 4.78 is 32.7. The Balaban J connectivity index is 1.42. The van der Waals surface area contributed by atoms with Crippen LogP contribution in [0.5, 0.6) is 0 Å². The number of hydrogen-bond donors (Lipinski definition) is 0. The van der Waals surface area contributed by atoms with Crippen LogP contribution in [0, 0.1) is 11.6 Å². The van der Waals surface area contributed by atoms with Crippen LogP contribution in [-0.2, 0) is 6.54 Å². The molecule has 0 atom stereocenters. The number of benzene rings is 1. The maximum Gasteiger partial charge on any atom is 0.170 e. The molecular formula is C28H33Br2F2N3S2. The Labute approximate surface area is 242 Å². The van der Waals surface area contributed by atoms with Gasteiger partial charge >= 0.3 is 0 Å². The van der Waals surface area contributed by atoms with Crippen molar-refractivity contribution >= 4 is 65.6 Å². The van der Waals surface area contributed by atoms with Gasteiger partial charge in [-0.1, -0.05) is 77.6 Å². The van der Waals surface area contributed by atoms with E-state index in [1.165, 1.54) is 86.9 Å². The zero-order valence-electron chi connectivity index (χ0n) is 21.2. The molecule has 37 heavy (non-hydrogen) atoms. The molecule has 0 saturated heterocycles. The highest BCUT2D eigenvalue weighted by molar-refractivity contribution is 9.11. The van der Waals surface area contributed by atoms with Crippen molar-refractivity contribution in [1.29, 1.82) is 0 Å². The fourth-order valence-electron chi connectivity index (χ4n) is 4.65. The molecule has 0 aliphatic heterocycles. The Morgan fingerprint density at radius 3 is 1.43 bits per heavy atom. The Bertz CT molecular complexity index is 1220. The predicted molar refractivity (Wildman–Crippen MR) is 161 cm³/mol. The second-order valence-electron chi connectivity index (χ2n) is 9.47. The van der Waals surface area contributed by atoms with Crippen molar-refractivity contribution in [2.75, 3.05) is 0 Å². The van der Waals surface area contributed by atoms with E-state index in [1.54, 1.807) is 16.9 Å². The van der Waals surface area contributed by atoms with Gasteiger partial charge in [-0.15, -0.1) is 22.7 Å². The van der Waals surface area contributed by atoms with Crippen molar-refractivity contribution in [1.82, 2.24) is 15.0 Å². The van der Waals surface area contributed by atoms with Gasteiger partial charge in [-0.05, 0) is 62.5 Å². The van der Waals surface area contributed by atoms with Crippen molar-refractivity contribution in [3.05, 3.63) is 43.5 Å². The van der Waals surface area contributed by atoms with Gasteiger partial charge in [-0.2, -0.15) is 15.0 Å². The summed E-state index contributed by atoms with van der Waals surface area (Å²) in [5.74, 6) is -1.75. The molecular weight excluding hydrogens is 640 g/mol. The number of aryl methyl sites for hydroxylation is 1. The van der Waals surface area contributed by atoms with Crippen molar-refractivity contribution in [3.63, 3.8) is 0 Å². The molecule has 0 radical (unpaired) electrons. The Hall–Kier alpha value is -1.16. The van der Waals surface area contributed by atoms with Crippen LogP contribution in [0.1, 0.15) is 84.0 Å². The lowest BCUT2D eigenvalue weighted by molar-refractivity contribution is 0.483. The predicted octanol–water partition coefficient (Wildman–Crippen LogP) is 11.4. The first-order chi connectivity index (χ1) is 18.0. The average Bonchev–Trinajstić information content (AvgIpc) is 3.61. The second-order valence-corrected chi connectivity index (χ2v) is 14.4. The van der Waals surface area contributed by atoms with E-state index < -0.39 is 11.6 Å². The minimum absolute atomic E-state index is 0.184. The van der Waals surface area contributed by atoms with E-state index in [-0.39, 0.29) is 11.1 Å². The van der Waals surface area contributed by atoms with Crippen LogP contribution in [0.3, 0.4) is 0 Å². The minimum atomic E-state index is -0.876. The van der Waals surface area contributed by atoms with E-state index in [4.69, 9.17) is 0 Å². The van der Waals surface area contributed by atoms with Crippen molar-refractivity contribution < 1.29 is 8.78 Å². The van der Waals surface area contributed by atoms with E-state index in [9.17, 15) is 0 Å². The molecule has 9 heteroatoms. The Morgan fingerprint density at radius 2 is 1.05 bits per heavy atom. The summed E-state index contributed by atoms with van der Waals surface area (Å²) >= 11 is 9.59. The highest BCUT2D eigenvalue weighted by Gasteiger charge is 2.27. The molecule has 3 nitrogen and oxygen atoms in total. The van der Waals surface area contributed by atoms with E-state index in [2.05, 4.69) is 49.0 Å². The Kier molecular flexibility index (Phi) is 11.1. The molecule has 0 unspecified atom stereocenters. The van der Waals surface area contributed by atoms with Crippen molar-refractivity contribution in [3.8, 4) is 20.9 Å². The molecule has 0 bridgehead atoms. The van der Waals surface area contributed by atoms with E-state index in [0.29, 0.717) is 27.3 Å². The molecule has 0 aliphatic rings. The number of nitrogens with zero attached hydrogens (tertiary/aromatic N) is 3. The SMILES string of the molecule is CCCCCCCCCCCCCCn1nc2c(-c3ccc(Br)s3)c(F)c(F)c(-c3ccc(Br)s3)c2n1. The Morgan fingerprint density at radius 1 is 0.649 bits per heavy atom. The van der Waals surface area contributed by atoms with E-state index in [0.717, 1.165) is 20.4 Å². The molecule has 0 aliphatic carbocycles. The fourth-order valence-corrected chi connectivity index (χ4v) is 7.51. The van der Waals surface area contributed by atoms with Gasteiger partial charge < -0.3 is 0 Å². The number of rotatable bonds is 15. The fraction of sp³-hybridized carbons (Fsp3) is 0.500. The first kappa shape index (κ1) is 28.8. The third-order valence-corrected chi connectivity index (χ3v) is 9.89. The monoisotopic (exact) mass is 671 g/mol. The zero-order chi connectivity index (χ0) is 26.2. The first-order valence-corrected chi connectivity index (χ1v) is 16.5. The van der Waals surface area contributed by atoms with Crippen LogP contribution in [0.25, 0.3) is 31.9 Å². The number of fused-ring (bicyclic) bond motifs is 1. The van der Waals surface area contributed by atoms with Crippen LogP contribution in [0.2, 0.25) is 0 Å². The number of unbranched alkanes of at least 4 members (excludes halogenated alkanes) is 11. The summed E-state index contributed by atoms with van der Waals surface area (Å²) in [6, 6.07) is 7.25. The van der Waals surface area contributed by atoms with Gasteiger partial charge in [0.25, 0.3) is 0 Å². The summed E-state index contributed by atoms with van der Waals surface area (Å²) in [6.45, 7) is 2.89. The summed E-state index contributed by atoms with van der Waals surface area (Å²) in [7, 11) is 0. The minimum Gasteiger partial charge on any atom is -0.203 e. The molecule has 0 spiro atoms. The second kappa shape index (κ2) is 14.3. The first-order valence-electron chi connectivity index (χ1n) is 13.3. The van der Waals surface area contributed by atoms with Gasteiger partial charge in [0.05, 0.1) is 25.2 Å². The van der Waals surface area contributed by atoms with Crippen molar-refractivity contribution in [2.24, 2.45) is 0 Å². The zero-order valence-corrected chi connectivity index (χ0v) is 26.0. The summed E-state index contributed by atoms with van der Waals surface area (Å²) in [5.41, 5.74) is 1.19. The summed E-state index contributed by atoms with van der Waals surface area (Å²) in [5, 5.41) is 9.33. The number of aromatic nitrogens is 3. The van der Waals surface area contributed by atoms with Crippen LogP contribution in [0.4, 0.5) is 8.78 Å². The van der Waals surface area contributed by atoms with E-state index >= 15 is 8.78 Å². The van der Waals surface area contributed by atoms with Crippen LogP contribution in [-0.4, -0.2) is 15.0 Å². The summed E-state index contributed by atoms with van der Waals surface area (Å²) in [6.07, 6.45) is 15.3. The standard InChI is InChI=1S/C28H33Br2F2N3S2/c1-2-3-4-5-6-7-8-9-10-11-12-13-18-35-33-27-23(19-14-16-21(29)36-19)25(31)26(32)24(28(27)34-35)20-15-17-22(30)37-20/h14-17H,2-13,18H2,1H3. The highest BCUT2D eigenvalue weighted by Crippen LogP contribution is 2.43. The van der Waals surface area contributed by atoms with Gasteiger partial charge in [-0.25, -0.2) is 8.78 Å². The lowest BCUT2D eigenvalue weighted by Gasteiger charge is -2.07.